The van der Waals surface area contributed by atoms with Crippen molar-refractivity contribution in [3.8, 4) is 12.3 Å². The molecule has 0 radical (unpaired) electrons. The number of carbonyl (C=O) groups excluding carboxylic acids is 1. The molecule has 2 heterocycles. The minimum Gasteiger partial charge on any atom is -0.381 e. The number of hydrogen-bond acceptors (Lipinski definition) is 4. The molecule has 2 N–H and O–H groups in total. The van der Waals surface area contributed by atoms with Gasteiger partial charge in [-0.05, 0) is 12.8 Å². The second kappa shape index (κ2) is 6.38. The van der Waals surface area contributed by atoms with E-state index in [1.165, 1.54) is 0 Å². The zero-order chi connectivity index (χ0) is 13.7. The number of ether oxygens (including phenoxy) is 1. The summed E-state index contributed by atoms with van der Waals surface area (Å²) in [6, 6.07) is 0. The van der Waals surface area contributed by atoms with Crippen LogP contribution in [0.3, 0.4) is 0 Å². The highest BCUT2D eigenvalue weighted by Gasteiger charge is 2.41. The van der Waals surface area contributed by atoms with Crippen molar-refractivity contribution in [2.75, 3.05) is 52.5 Å². The van der Waals surface area contributed by atoms with Crippen molar-refractivity contribution in [3.63, 3.8) is 0 Å². The maximum Gasteiger partial charge on any atom is 0.230 e. The molecule has 2 saturated heterocycles. The number of rotatable bonds is 3. The van der Waals surface area contributed by atoms with E-state index < -0.39 is 5.41 Å². The van der Waals surface area contributed by atoms with Crippen molar-refractivity contribution in [2.24, 2.45) is 11.1 Å². The Bertz CT molecular complexity index is 350. The molecular weight excluding hydrogens is 242 g/mol. The van der Waals surface area contributed by atoms with Gasteiger partial charge in [0, 0.05) is 45.9 Å². The Kier molecular flexibility index (Phi) is 4.81. The second-order valence-corrected chi connectivity index (χ2v) is 5.37. The molecule has 2 aliphatic rings. The van der Waals surface area contributed by atoms with E-state index in [-0.39, 0.29) is 5.91 Å². The van der Waals surface area contributed by atoms with Gasteiger partial charge in [-0.3, -0.25) is 9.69 Å². The number of piperazine rings is 1. The Hall–Kier alpha value is -1.09. The first kappa shape index (κ1) is 14.3. The SMILES string of the molecule is C#CCN1CCN(C(=O)C2(CN)CCOCC2)CC1. The van der Waals surface area contributed by atoms with E-state index in [9.17, 15) is 4.79 Å². The summed E-state index contributed by atoms with van der Waals surface area (Å²) < 4.78 is 5.36. The molecule has 5 nitrogen and oxygen atoms in total. The van der Waals surface area contributed by atoms with Gasteiger partial charge in [-0.15, -0.1) is 6.42 Å². The Morgan fingerprint density at radius 1 is 1.26 bits per heavy atom. The smallest absolute Gasteiger partial charge is 0.230 e. The number of amides is 1. The summed E-state index contributed by atoms with van der Waals surface area (Å²) in [6.07, 6.45) is 6.80. The monoisotopic (exact) mass is 265 g/mol. The first-order valence-electron chi connectivity index (χ1n) is 6.95. The van der Waals surface area contributed by atoms with Gasteiger partial charge < -0.3 is 15.4 Å². The van der Waals surface area contributed by atoms with Gasteiger partial charge in [0.15, 0.2) is 0 Å². The van der Waals surface area contributed by atoms with Crippen LogP contribution in [0.15, 0.2) is 0 Å². The summed E-state index contributed by atoms with van der Waals surface area (Å²) in [6.45, 7) is 5.57. The molecule has 0 aromatic rings. The second-order valence-electron chi connectivity index (χ2n) is 5.37. The van der Waals surface area contributed by atoms with Crippen molar-refractivity contribution in [2.45, 2.75) is 12.8 Å². The average Bonchev–Trinajstić information content (AvgIpc) is 2.48. The van der Waals surface area contributed by atoms with Gasteiger partial charge in [0.2, 0.25) is 5.91 Å². The molecular formula is C14H23N3O2. The van der Waals surface area contributed by atoms with E-state index in [0.29, 0.717) is 26.3 Å². The zero-order valence-corrected chi connectivity index (χ0v) is 11.4. The molecule has 0 saturated carbocycles. The Balaban J connectivity index is 1.94. The minimum atomic E-state index is -0.396. The van der Waals surface area contributed by atoms with Crippen LogP contribution in [0.25, 0.3) is 0 Å². The van der Waals surface area contributed by atoms with Crippen LogP contribution in [0, 0.1) is 17.8 Å². The number of nitrogens with zero attached hydrogens (tertiary/aromatic N) is 2. The lowest BCUT2D eigenvalue weighted by Gasteiger charge is -2.42. The number of carbonyl (C=O) groups is 1. The lowest BCUT2D eigenvalue weighted by molar-refractivity contribution is -0.148. The van der Waals surface area contributed by atoms with Gasteiger partial charge in [0.05, 0.1) is 12.0 Å². The average molecular weight is 265 g/mol. The van der Waals surface area contributed by atoms with E-state index in [2.05, 4.69) is 10.8 Å². The maximum absolute atomic E-state index is 12.7. The molecule has 0 aromatic heterocycles. The number of hydrogen-bond donors (Lipinski definition) is 1. The molecule has 0 bridgehead atoms. The fourth-order valence-electron chi connectivity index (χ4n) is 2.84. The molecule has 0 atom stereocenters. The molecule has 0 aromatic carbocycles. The van der Waals surface area contributed by atoms with Crippen LogP contribution < -0.4 is 5.73 Å². The molecule has 2 aliphatic heterocycles. The maximum atomic E-state index is 12.7. The van der Waals surface area contributed by atoms with Crippen molar-refractivity contribution >= 4 is 5.91 Å². The predicted molar refractivity (Wildman–Crippen MR) is 73.4 cm³/mol. The summed E-state index contributed by atoms with van der Waals surface area (Å²) >= 11 is 0. The van der Waals surface area contributed by atoms with Crippen molar-refractivity contribution < 1.29 is 9.53 Å². The standard InChI is InChI=1S/C14H23N3O2/c1-2-5-16-6-8-17(9-7-16)13(18)14(12-15)3-10-19-11-4-14/h1H,3-12,15H2. The minimum absolute atomic E-state index is 0.207. The van der Waals surface area contributed by atoms with Crippen LogP contribution in [0.1, 0.15) is 12.8 Å². The van der Waals surface area contributed by atoms with Crippen molar-refractivity contribution in [3.05, 3.63) is 0 Å². The molecule has 0 unspecified atom stereocenters. The van der Waals surface area contributed by atoms with Gasteiger partial charge in [-0.1, -0.05) is 5.92 Å². The molecule has 5 heteroatoms. The summed E-state index contributed by atoms with van der Waals surface area (Å²) in [5.41, 5.74) is 5.48. The molecule has 2 rings (SSSR count). The van der Waals surface area contributed by atoms with E-state index in [1.54, 1.807) is 0 Å². The number of nitrogens with two attached hydrogens (primary N) is 1. The highest BCUT2D eigenvalue weighted by atomic mass is 16.5. The summed E-state index contributed by atoms with van der Waals surface area (Å²) in [4.78, 5) is 16.8. The summed E-state index contributed by atoms with van der Waals surface area (Å²) in [5, 5.41) is 0. The molecule has 1 amide bonds. The highest BCUT2D eigenvalue weighted by Crippen LogP contribution is 2.31. The normalized spacial score (nSPS) is 23.9. The third-order valence-electron chi connectivity index (χ3n) is 4.27. The fourth-order valence-corrected chi connectivity index (χ4v) is 2.84. The zero-order valence-electron chi connectivity index (χ0n) is 11.4. The Labute approximate surface area is 115 Å². The van der Waals surface area contributed by atoms with Crippen LogP contribution in [0.2, 0.25) is 0 Å². The topological polar surface area (TPSA) is 58.8 Å². The number of terminal acetylenes is 1. The van der Waals surface area contributed by atoms with Gasteiger partial charge in [-0.2, -0.15) is 0 Å². The summed E-state index contributed by atoms with van der Waals surface area (Å²) in [5.74, 6) is 2.86. The predicted octanol–water partition coefficient (Wildman–Crippen LogP) is -0.481. The lowest BCUT2D eigenvalue weighted by atomic mass is 9.78. The van der Waals surface area contributed by atoms with E-state index in [4.69, 9.17) is 16.9 Å². The van der Waals surface area contributed by atoms with E-state index in [1.807, 2.05) is 4.90 Å². The van der Waals surface area contributed by atoms with Gasteiger partial charge >= 0.3 is 0 Å². The third-order valence-corrected chi connectivity index (χ3v) is 4.27. The highest BCUT2D eigenvalue weighted by molar-refractivity contribution is 5.83. The molecule has 106 valence electrons. The Morgan fingerprint density at radius 3 is 2.42 bits per heavy atom. The van der Waals surface area contributed by atoms with Crippen LogP contribution in [0.4, 0.5) is 0 Å². The van der Waals surface area contributed by atoms with Crippen LogP contribution in [-0.4, -0.2) is 68.2 Å². The first-order chi connectivity index (χ1) is 9.22. The van der Waals surface area contributed by atoms with Gasteiger partial charge in [-0.25, -0.2) is 0 Å². The van der Waals surface area contributed by atoms with E-state index >= 15 is 0 Å². The molecule has 0 aliphatic carbocycles. The van der Waals surface area contributed by atoms with Crippen LogP contribution >= 0.6 is 0 Å². The lowest BCUT2D eigenvalue weighted by Crippen LogP contribution is -2.56. The fraction of sp³-hybridized carbons (Fsp3) is 0.786. The quantitative estimate of drug-likeness (QED) is 0.700. The molecule has 19 heavy (non-hydrogen) atoms. The van der Waals surface area contributed by atoms with Crippen LogP contribution in [-0.2, 0) is 9.53 Å². The van der Waals surface area contributed by atoms with Gasteiger partial charge in [0.1, 0.15) is 0 Å². The Morgan fingerprint density at radius 2 is 1.89 bits per heavy atom. The first-order valence-corrected chi connectivity index (χ1v) is 6.95. The molecule has 2 fully saturated rings. The van der Waals surface area contributed by atoms with Crippen molar-refractivity contribution in [1.29, 1.82) is 0 Å². The third kappa shape index (κ3) is 3.08. The van der Waals surface area contributed by atoms with Crippen LogP contribution in [0.5, 0.6) is 0 Å². The molecule has 0 spiro atoms. The largest absolute Gasteiger partial charge is 0.381 e. The van der Waals surface area contributed by atoms with Crippen molar-refractivity contribution in [1.82, 2.24) is 9.80 Å². The summed E-state index contributed by atoms with van der Waals surface area (Å²) in [7, 11) is 0. The van der Waals surface area contributed by atoms with Gasteiger partial charge in [0.25, 0.3) is 0 Å². The van der Waals surface area contributed by atoms with E-state index in [0.717, 1.165) is 39.0 Å².